The molecule has 0 saturated carbocycles. The van der Waals surface area contributed by atoms with Crippen LogP contribution in [0.5, 0.6) is 0 Å². The van der Waals surface area contributed by atoms with E-state index in [1.807, 2.05) is 0 Å². The number of imidazole rings is 1. The van der Waals surface area contributed by atoms with E-state index in [0.29, 0.717) is 23.8 Å². The molecular formula is C14H16ClF2N3. The lowest BCUT2D eigenvalue weighted by atomic mass is 10.1. The Bertz CT molecular complexity index is 641. The normalized spacial score (nSPS) is 20.1. The van der Waals surface area contributed by atoms with Crippen LogP contribution in [0.15, 0.2) is 12.1 Å². The Balaban J connectivity index is 2.05. The number of halogens is 3. The second-order valence-electron chi connectivity index (χ2n) is 5.42. The second kappa shape index (κ2) is 5.30. The zero-order valence-electron chi connectivity index (χ0n) is 11.2. The molecule has 1 aliphatic heterocycles. The largest absolute Gasteiger partial charge is 0.324 e. The van der Waals surface area contributed by atoms with Gasteiger partial charge in [0.15, 0.2) is 11.6 Å². The van der Waals surface area contributed by atoms with E-state index < -0.39 is 11.6 Å². The SMILES string of the molecule is CN1CCC(Cn2c(CCl)nc3ccc(F)c(F)c32)C1. The highest BCUT2D eigenvalue weighted by Crippen LogP contribution is 2.26. The minimum Gasteiger partial charge on any atom is -0.324 e. The highest BCUT2D eigenvalue weighted by atomic mass is 35.5. The summed E-state index contributed by atoms with van der Waals surface area (Å²) in [5.74, 6) is -0.470. The molecule has 1 atom stereocenters. The van der Waals surface area contributed by atoms with Crippen LogP contribution < -0.4 is 0 Å². The summed E-state index contributed by atoms with van der Waals surface area (Å²) in [6, 6.07) is 2.61. The average Bonchev–Trinajstić information content (AvgIpc) is 2.99. The van der Waals surface area contributed by atoms with Gasteiger partial charge >= 0.3 is 0 Å². The number of rotatable bonds is 3. The molecule has 0 N–H and O–H groups in total. The Labute approximate surface area is 121 Å². The van der Waals surface area contributed by atoms with Crippen LogP contribution >= 0.6 is 11.6 Å². The Hall–Kier alpha value is -1.20. The van der Waals surface area contributed by atoms with Crippen LogP contribution in [-0.2, 0) is 12.4 Å². The molecule has 1 saturated heterocycles. The van der Waals surface area contributed by atoms with E-state index >= 15 is 0 Å². The van der Waals surface area contributed by atoms with Gasteiger partial charge < -0.3 is 9.47 Å². The van der Waals surface area contributed by atoms with Gasteiger partial charge in [0.25, 0.3) is 0 Å². The highest BCUT2D eigenvalue weighted by molar-refractivity contribution is 6.16. The van der Waals surface area contributed by atoms with Crippen molar-refractivity contribution in [2.24, 2.45) is 5.92 Å². The minimum atomic E-state index is -0.844. The van der Waals surface area contributed by atoms with Crippen LogP contribution in [0.25, 0.3) is 11.0 Å². The van der Waals surface area contributed by atoms with Crippen molar-refractivity contribution in [3.63, 3.8) is 0 Å². The lowest BCUT2D eigenvalue weighted by Gasteiger charge is -2.14. The highest BCUT2D eigenvalue weighted by Gasteiger charge is 2.23. The fraction of sp³-hybridized carbons (Fsp3) is 0.500. The molecule has 108 valence electrons. The predicted octanol–water partition coefficient (Wildman–Crippen LogP) is 3.01. The number of benzene rings is 1. The summed E-state index contributed by atoms with van der Waals surface area (Å²) in [6.07, 6.45) is 1.05. The monoisotopic (exact) mass is 299 g/mol. The van der Waals surface area contributed by atoms with Crippen molar-refractivity contribution in [1.29, 1.82) is 0 Å². The van der Waals surface area contributed by atoms with Gasteiger partial charge in [0, 0.05) is 13.1 Å². The van der Waals surface area contributed by atoms with Crippen LogP contribution in [-0.4, -0.2) is 34.6 Å². The molecule has 20 heavy (non-hydrogen) atoms. The second-order valence-corrected chi connectivity index (χ2v) is 5.69. The van der Waals surface area contributed by atoms with Gasteiger partial charge in [-0.25, -0.2) is 13.8 Å². The minimum absolute atomic E-state index is 0.193. The molecule has 0 amide bonds. The van der Waals surface area contributed by atoms with Crippen molar-refractivity contribution in [3.8, 4) is 0 Å². The van der Waals surface area contributed by atoms with Crippen LogP contribution in [0.2, 0.25) is 0 Å². The summed E-state index contributed by atoms with van der Waals surface area (Å²) in [5, 5.41) is 0. The van der Waals surface area contributed by atoms with Gasteiger partial charge in [0.1, 0.15) is 11.3 Å². The van der Waals surface area contributed by atoms with Crippen LogP contribution in [0, 0.1) is 17.6 Å². The number of aromatic nitrogens is 2. The van der Waals surface area contributed by atoms with E-state index in [-0.39, 0.29) is 11.4 Å². The Kier molecular flexibility index (Phi) is 3.65. The van der Waals surface area contributed by atoms with Crippen molar-refractivity contribution >= 4 is 22.6 Å². The first-order valence-electron chi connectivity index (χ1n) is 6.67. The molecule has 1 aliphatic rings. The molecule has 0 bridgehead atoms. The Morgan fingerprint density at radius 3 is 2.85 bits per heavy atom. The van der Waals surface area contributed by atoms with Gasteiger partial charge in [-0.1, -0.05) is 0 Å². The molecule has 1 fully saturated rings. The number of fused-ring (bicyclic) bond motifs is 1. The molecule has 0 spiro atoms. The van der Waals surface area contributed by atoms with Gasteiger partial charge in [-0.05, 0) is 38.1 Å². The summed E-state index contributed by atoms with van der Waals surface area (Å²) >= 11 is 5.90. The molecule has 1 unspecified atom stereocenters. The molecule has 1 aromatic heterocycles. The predicted molar refractivity (Wildman–Crippen MR) is 74.8 cm³/mol. The number of hydrogen-bond donors (Lipinski definition) is 0. The first kappa shape index (κ1) is 13.8. The summed E-state index contributed by atoms with van der Waals surface area (Å²) in [5.41, 5.74) is 0.695. The zero-order chi connectivity index (χ0) is 14.3. The van der Waals surface area contributed by atoms with E-state index in [1.165, 1.54) is 6.07 Å². The first-order chi connectivity index (χ1) is 9.60. The summed E-state index contributed by atoms with van der Waals surface area (Å²) in [6.45, 7) is 2.62. The number of likely N-dealkylation sites (tertiary alicyclic amines) is 1. The third kappa shape index (κ3) is 2.29. The van der Waals surface area contributed by atoms with Crippen molar-refractivity contribution in [1.82, 2.24) is 14.5 Å². The number of alkyl halides is 1. The van der Waals surface area contributed by atoms with Gasteiger partial charge in [0.05, 0.1) is 11.4 Å². The van der Waals surface area contributed by atoms with Crippen molar-refractivity contribution in [2.75, 3.05) is 20.1 Å². The fourth-order valence-electron chi connectivity index (χ4n) is 2.94. The van der Waals surface area contributed by atoms with Crippen molar-refractivity contribution in [2.45, 2.75) is 18.8 Å². The topological polar surface area (TPSA) is 21.1 Å². The molecule has 1 aromatic carbocycles. The van der Waals surface area contributed by atoms with E-state index in [1.54, 1.807) is 4.57 Å². The van der Waals surface area contributed by atoms with E-state index in [4.69, 9.17) is 11.6 Å². The average molecular weight is 300 g/mol. The molecule has 6 heteroatoms. The summed E-state index contributed by atoms with van der Waals surface area (Å²) in [7, 11) is 2.06. The molecule has 0 aliphatic carbocycles. The quantitative estimate of drug-likeness (QED) is 0.813. The maximum Gasteiger partial charge on any atom is 0.184 e. The Morgan fingerprint density at radius 1 is 1.40 bits per heavy atom. The van der Waals surface area contributed by atoms with Crippen molar-refractivity contribution in [3.05, 3.63) is 29.6 Å². The van der Waals surface area contributed by atoms with Gasteiger partial charge in [0.2, 0.25) is 0 Å². The maximum atomic E-state index is 14.1. The molecule has 3 nitrogen and oxygen atoms in total. The zero-order valence-corrected chi connectivity index (χ0v) is 12.0. The summed E-state index contributed by atoms with van der Waals surface area (Å²) < 4.78 is 29.3. The van der Waals surface area contributed by atoms with Gasteiger partial charge in [-0.15, -0.1) is 11.6 Å². The first-order valence-corrected chi connectivity index (χ1v) is 7.21. The smallest absolute Gasteiger partial charge is 0.184 e. The number of nitrogens with zero attached hydrogens (tertiary/aromatic N) is 3. The van der Waals surface area contributed by atoms with Crippen LogP contribution in [0.1, 0.15) is 12.2 Å². The third-order valence-electron chi connectivity index (χ3n) is 3.93. The van der Waals surface area contributed by atoms with Gasteiger partial charge in [-0.3, -0.25) is 0 Å². The third-order valence-corrected chi connectivity index (χ3v) is 4.17. The molecule has 3 rings (SSSR count). The van der Waals surface area contributed by atoms with Crippen LogP contribution in [0.3, 0.4) is 0 Å². The number of hydrogen-bond acceptors (Lipinski definition) is 2. The lowest BCUT2D eigenvalue weighted by molar-refractivity contribution is 0.377. The van der Waals surface area contributed by atoms with Gasteiger partial charge in [-0.2, -0.15) is 0 Å². The van der Waals surface area contributed by atoms with E-state index in [2.05, 4.69) is 16.9 Å². The van der Waals surface area contributed by atoms with E-state index in [9.17, 15) is 8.78 Å². The molecular weight excluding hydrogens is 284 g/mol. The fourth-order valence-corrected chi connectivity index (χ4v) is 3.14. The molecule has 0 radical (unpaired) electrons. The van der Waals surface area contributed by atoms with Crippen LogP contribution in [0.4, 0.5) is 8.78 Å². The molecule has 2 aromatic rings. The maximum absolute atomic E-state index is 14.1. The molecule has 2 heterocycles. The summed E-state index contributed by atoms with van der Waals surface area (Å²) in [4.78, 5) is 6.54. The van der Waals surface area contributed by atoms with Crippen molar-refractivity contribution < 1.29 is 8.78 Å². The lowest BCUT2D eigenvalue weighted by Crippen LogP contribution is -2.18. The standard InChI is InChI=1S/C14H16ClF2N3/c1-19-5-4-9(7-19)8-20-12(6-15)18-11-3-2-10(16)13(17)14(11)20/h2-3,9H,4-8H2,1H3. The Morgan fingerprint density at radius 2 is 2.20 bits per heavy atom. The van der Waals surface area contributed by atoms with E-state index in [0.717, 1.165) is 25.6 Å².